The average Bonchev–Trinajstić information content (AvgIpc) is 2.76. The van der Waals surface area contributed by atoms with E-state index in [9.17, 15) is 4.79 Å². The lowest BCUT2D eigenvalue weighted by Gasteiger charge is -2.26. The number of ketones is 1. The summed E-state index contributed by atoms with van der Waals surface area (Å²) in [5.74, 6) is 0.322. The fourth-order valence-corrected chi connectivity index (χ4v) is 4.86. The third-order valence-corrected chi connectivity index (χ3v) is 5.60. The molecule has 0 aliphatic carbocycles. The second-order valence-corrected chi connectivity index (χ2v) is 6.75. The summed E-state index contributed by atoms with van der Waals surface area (Å²) >= 11 is 2.06. The lowest BCUT2D eigenvalue weighted by atomic mass is 9.88. The Morgan fingerprint density at radius 3 is 2.56 bits per heavy atom. The molecular formula is C15H15NOS. The Labute approximate surface area is 111 Å². The molecule has 2 aliphatic heterocycles. The van der Waals surface area contributed by atoms with E-state index < -0.39 is 0 Å². The number of Topliss-reactive ketones (excluding diaryl/α,β-unsaturated/α-hetero) is 1. The number of hydrogen-bond acceptors (Lipinski definition) is 3. The van der Waals surface area contributed by atoms with Crippen molar-refractivity contribution >= 4 is 17.5 Å². The highest BCUT2D eigenvalue weighted by Gasteiger charge is 2.38. The van der Waals surface area contributed by atoms with Gasteiger partial charge in [0, 0.05) is 22.0 Å². The molecule has 92 valence electrons. The molecule has 2 aliphatic rings. The van der Waals surface area contributed by atoms with Gasteiger partial charge in [0.1, 0.15) is 0 Å². The second-order valence-electron chi connectivity index (χ2n) is 5.15. The van der Waals surface area contributed by atoms with Gasteiger partial charge in [-0.25, -0.2) is 0 Å². The standard InChI is InChI=1S/C15H15NOS/c16-9-10-3-1-2-4-14(10)15(17)11-7-12-5-6-13(8-11)18-12/h1-4,11-13H,5-8H2. The molecule has 1 aromatic carbocycles. The quantitative estimate of drug-likeness (QED) is 0.762. The summed E-state index contributed by atoms with van der Waals surface area (Å²) in [7, 11) is 0. The number of carbonyl (C=O) groups is 1. The molecule has 0 saturated carbocycles. The monoisotopic (exact) mass is 257 g/mol. The normalized spacial score (nSPS) is 29.8. The molecule has 2 atom stereocenters. The predicted molar refractivity (Wildman–Crippen MR) is 72.6 cm³/mol. The zero-order valence-corrected chi connectivity index (χ0v) is 11.0. The number of rotatable bonds is 2. The van der Waals surface area contributed by atoms with E-state index in [1.165, 1.54) is 12.8 Å². The Kier molecular flexibility index (Phi) is 3.13. The van der Waals surface area contributed by atoms with Gasteiger partial charge in [-0.3, -0.25) is 4.79 Å². The Morgan fingerprint density at radius 1 is 1.22 bits per heavy atom. The first-order valence-electron chi connectivity index (χ1n) is 6.46. The number of thioether (sulfide) groups is 1. The summed E-state index contributed by atoms with van der Waals surface area (Å²) in [6, 6.07) is 9.32. The smallest absolute Gasteiger partial charge is 0.167 e. The molecule has 0 amide bonds. The number of nitriles is 1. The van der Waals surface area contributed by atoms with Crippen LogP contribution in [0.25, 0.3) is 0 Å². The Hall–Kier alpha value is -1.27. The average molecular weight is 257 g/mol. The molecule has 0 spiro atoms. The molecule has 2 saturated heterocycles. The number of carbonyl (C=O) groups excluding carboxylic acids is 1. The van der Waals surface area contributed by atoms with Crippen LogP contribution >= 0.6 is 11.8 Å². The van der Waals surface area contributed by atoms with Crippen LogP contribution < -0.4 is 0 Å². The zero-order chi connectivity index (χ0) is 12.5. The minimum Gasteiger partial charge on any atom is -0.294 e. The molecule has 0 radical (unpaired) electrons. The highest BCUT2D eigenvalue weighted by Crippen LogP contribution is 2.46. The molecular weight excluding hydrogens is 242 g/mol. The number of benzene rings is 1. The van der Waals surface area contributed by atoms with Crippen molar-refractivity contribution in [1.29, 1.82) is 5.26 Å². The summed E-state index contributed by atoms with van der Waals surface area (Å²) in [6.07, 6.45) is 4.53. The van der Waals surface area contributed by atoms with Crippen molar-refractivity contribution in [3.63, 3.8) is 0 Å². The maximum atomic E-state index is 12.5. The van der Waals surface area contributed by atoms with E-state index in [2.05, 4.69) is 17.8 Å². The van der Waals surface area contributed by atoms with Gasteiger partial charge in [-0.2, -0.15) is 17.0 Å². The predicted octanol–water partition coefficient (Wildman–Crippen LogP) is 3.42. The molecule has 3 heteroatoms. The van der Waals surface area contributed by atoms with Crippen molar-refractivity contribution in [2.75, 3.05) is 0 Å². The third-order valence-electron chi connectivity index (χ3n) is 3.97. The SMILES string of the molecule is N#Cc1ccccc1C(=O)C1CC2CCC(C1)S2. The van der Waals surface area contributed by atoms with Gasteiger partial charge >= 0.3 is 0 Å². The van der Waals surface area contributed by atoms with Crippen molar-refractivity contribution in [2.45, 2.75) is 36.2 Å². The van der Waals surface area contributed by atoms with Crippen LogP contribution in [0, 0.1) is 17.2 Å². The first-order valence-corrected chi connectivity index (χ1v) is 7.41. The first kappa shape index (κ1) is 11.8. The van der Waals surface area contributed by atoms with Gasteiger partial charge in [0.05, 0.1) is 11.6 Å². The van der Waals surface area contributed by atoms with E-state index in [1.807, 2.05) is 12.1 Å². The van der Waals surface area contributed by atoms with Crippen molar-refractivity contribution in [1.82, 2.24) is 0 Å². The van der Waals surface area contributed by atoms with E-state index in [0.717, 1.165) is 12.8 Å². The molecule has 0 N–H and O–H groups in total. The van der Waals surface area contributed by atoms with Crippen LogP contribution in [0.4, 0.5) is 0 Å². The summed E-state index contributed by atoms with van der Waals surface area (Å²) in [6.45, 7) is 0. The molecule has 1 aromatic rings. The molecule has 2 nitrogen and oxygen atoms in total. The summed E-state index contributed by atoms with van der Waals surface area (Å²) in [5.41, 5.74) is 1.14. The highest BCUT2D eigenvalue weighted by molar-refractivity contribution is 8.00. The second kappa shape index (κ2) is 4.78. The van der Waals surface area contributed by atoms with Crippen molar-refractivity contribution in [3.05, 3.63) is 35.4 Å². The number of fused-ring (bicyclic) bond motifs is 2. The van der Waals surface area contributed by atoms with Crippen LogP contribution in [0.1, 0.15) is 41.6 Å². The minimum absolute atomic E-state index is 0.137. The van der Waals surface area contributed by atoms with Crippen LogP contribution in [0.3, 0.4) is 0 Å². The van der Waals surface area contributed by atoms with Gasteiger partial charge in [-0.1, -0.05) is 18.2 Å². The molecule has 2 unspecified atom stereocenters. The number of hydrogen-bond donors (Lipinski definition) is 0. The maximum Gasteiger partial charge on any atom is 0.167 e. The minimum atomic E-state index is 0.137. The Balaban J connectivity index is 1.84. The molecule has 2 bridgehead atoms. The van der Waals surface area contributed by atoms with Gasteiger partial charge in [0.25, 0.3) is 0 Å². The fraction of sp³-hybridized carbons (Fsp3) is 0.467. The largest absolute Gasteiger partial charge is 0.294 e. The van der Waals surface area contributed by atoms with Crippen LogP contribution in [-0.4, -0.2) is 16.3 Å². The maximum absolute atomic E-state index is 12.5. The van der Waals surface area contributed by atoms with E-state index in [4.69, 9.17) is 5.26 Å². The summed E-state index contributed by atoms with van der Waals surface area (Å²) in [5, 5.41) is 10.4. The lowest BCUT2D eigenvalue weighted by Crippen LogP contribution is -2.25. The van der Waals surface area contributed by atoms with E-state index >= 15 is 0 Å². The summed E-state index contributed by atoms with van der Waals surface area (Å²) in [4.78, 5) is 12.5. The van der Waals surface area contributed by atoms with Gasteiger partial charge in [0.2, 0.25) is 0 Å². The van der Waals surface area contributed by atoms with E-state index in [0.29, 0.717) is 21.6 Å². The Bertz CT molecular complexity index is 507. The van der Waals surface area contributed by atoms with Crippen LogP contribution in [0.2, 0.25) is 0 Å². The number of nitrogens with zero attached hydrogens (tertiary/aromatic N) is 1. The van der Waals surface area contributed by atoms with Crippen LogP contribution in [0.5, 0.6) is 0 Å². The topological polar surface area (TPSA) is 40.9 Å². The van der Waals surface area contributed by atoms with E-state index in [1.54, 1.807) is 12.1 Å². The van der Waals surface area contributed by atoms with Crippen molar-refractivity contribution in [3.8, 4) is 6.07 Å². The van der Waals surface area contributed by atoms with E-state index in [-0.39, 0.29) is 11.7 Å². The highest BCUT2D eigenvalue weighted by atomic mass is 32.2. The fourth-order valence-electron chi connectivity index (χ4n) is 3.09. The molecule has 2 fully saturated rings. The Morgan fingerprint density at radius 2 is 1.89 bits per heavy atom. The van der Waals surface area contributed by atoms with Crippen LogP contribution in [0.15, 0.2) is 24.3 Å². The molecule has 2 heterocycles. The zero-order valence-electron chi connectivity index (χ0n) is 10.1. The van der Waals surface area contributed by atoms with Gasteiger partial charge in [0.15, 0.2) is 5.78 Å². The molecule has 3 rings (SSSR count). The molecule has 18 heavy (non-hydrogen) atoms. The summed E-state index contributed by atoms with van der Waals surface area (Å²) < 4.78 is 0. The van der Waals surface area contributed by atoms with Crippen molar-refractivity contribution < 1.29 is 4.79 Å². The molecule has 0 aromatic heterocycles. The first-order chi connectivity index (χ1) is 8.78. The van der Waals surface area contributed by atoms with Crippen LogP contribution in [-0.2, 0) is 0 Å². The van der Waals surface area contributed by atoms with Gasteiger partial charge in [-0.15, -0.1) is 0 Å². The van der Waals surface area contributed by atoms with Crippen molar-refractivity contribution in [2.24, 2.45) is 5.92 Å². The van der Waals surface area contributed by atoms with Gasteiger partial charge in [-0.05, 0) is 31.7 Å². The third kappa shape index (κ3) is 2.06. The lowest BCUT2D eigenvalue weighted by molar-refractivity contribution is 0.0906. The van der Waals surface area contributed by atoms with Gasteiger partial charge < -0.3 is 0 Å².